The largest absolute Gasteiger partial charge is 0.497 e. The highest BCUT2D eigenvalue weighted by Gasteiger charge is 2.21. The molecule has 0 bridgehead atoms. The highest BCUT2D eigenvalue weighted by Crippen LogP contribution is 2.23. The van der Waals surface area contributed by atoms with Crippen LogP contribution in [0.25, 0.3) is 0 Å². The smallest absolute Gasteiger partial charge is 0.176 e. The molecule has 1 N–H and O–H groups in total. The molecule has 1 saturated heterocycles. The molecule has 2 aromatic rings. The first kappa shape index (κ1) is 13.7. The maximum atomic E-state index is 5.42. The average molecular weight is 299 g/mol. The van der Waals surface area contributed by atoms with E-state index in [-0.39, 0.29) is 0 Å². The van der Waals surface area contributed by atoms with Crippen LogP contribution < -0.4 is 19.9 Å². The van der Waals surface area contributed by atoms with Crippen LogP contribution in [0.15, 0.2) is 54.6 Å². The predicted octanol–water partition coefficient (Wildman–Crippen LogP) is 2.81. The van der Waals surface area contributed by atoms with Crippen LogP contribution in [0.2, 0.25) is 0 Å². The van der Waals surface area contributed by atoms with Crippen LogP contribution >= 0.6 is 12.2 Å². The van der Waals surface area contributed by atoms with E-state index in [2.05, 4.69) is 39.4 Å². The Bertz CT molecular complexity index is 615. The van der Waals surface area contributed by atoms with Gasteiger partial charge in [0, 0.05) is 11.4 Å². The minimum Gasteiger partial charge on any atom is -0.497 e. The molecular formula is C16H17N3OS. The van der Waals surface area contributed by atoms with E-state index in [4.69, 9.17) is 17.0 Å². The van der Waals surface area contributed by atoms with Gasteiger partial charge in [-0.05, 0) is 48.6 Å². The number of nitrogens with zero attached hydrogens (tertiary/aromatic N) is 2. The van der Waals surface area contributed by atoms with Crippen LogP contribution in [0.5, 0.6) is 5.75 Å². The van der Waals surface area contributed by atoms with Gasteiger partial charge in [-0.25, -0.2) is 0 Å². The molecule has 3 rings (SSSR count). The molecule has 0 unspecified atom stereocenters. The first-order valence-electron chi connectivity index (χ1n) is 6.77. The summed E-state index contributed by atoms with van der Waals surface area (Å²) in [5, 5.41) is 4.02. The summed E-state index contributed by atoms with van der Waals surface area (Å²) in [5.74, 6) is 0.860. The van der Waals surface area contributed by atoms with Gasteiger partial charge in [0.25, 0.3) is 0 Å². The van der Waals surface area contributed by atoms with Gasteiger partial charge >= 0.3 is 0 Å². The first-order chi connectivity index (χ1) is 10.3. The van der Waals surface area contributed by atoms with Crippen molar-refractivity contribution in [2.75, 3.05) is 30.2 Å². The first-order valence-corrected chi connectivity index (χ1v) is 7.18. The van der Waals surface area contributed by atoms with Crippen LogP contribution in [0.3, 0.4) is 0 Å². The summed E-state index contributed by atoms with van der Waals surface area (Å²) in [7, 11) is 1.67. The van der Waals surface area contributed by atoms with Gasteiger partial charge in [0.1, 0.15) is 5.75 Å². The van der Waals surface area contributed by atoms with Crippen molar-refractivity contribution in [2.24, 2.45) is 0 Å². The Morgan fingerprint density at radius 3 is 2.38 bits per heavy atom. The lowest BCUT2D eigenvalue weighted by atomic mass is 10.2. The number of methoxy groups -OCH3 is 1. The third kappa shape index (κ3) is 2.92. The molecule has 1 aliphatic heterocycles. The minimum atomic E-state index is 0.703. The lowest BCUT2D eigenvalue weighted by Gasteiger charge is -2.39. The van der Waals surface area contributed by atoms with Crippen LogP contribution in [0.1, 0.15) is 0 Å². The summed E-state index contributed by atoms with van der Waals surface area (Å²) in [6.45, 7) is 1.43. The van der Waals surface area contributed by atoms with Gasteiger partial charge in [0.15, 0.2) is 5.11 Å². The Morgan fingerprint density at radius 2 is 1.71 bits per heavy atom. The lowest BCUT2D eigenvalue weighted by Crippen LogP contribution is -2.56. The quantitative estimate of drug-likeness (QED) is 0.880. The molecule has 0 aromatic heterocycles. The minimum absolute atomic E-state index is 0.703. The van der Waals surface area contributed by atoms with Crippen molar-refractivity contribution in [3.05, 3.63) is 54.6 Å². The van der Waals surface area contributed by atoms with Crippen molar-refractivity contribution in [3.63, 3.8) is 0 Å². The third-order valence-corrected chi connectivity index (χ3v) is 3.85. The number of nitrogens with one attached hydrogen (secondary N) is 1. The molecule has 1 heterocycles. The van der Waals surface area contributed by atoms with Crippen molar-refractivity contribution in [2.45, 2.75) is 0 Å². The third-order valence-electron chi connectivity index (χ3n) is 3.48. The van der Waals surface area contributed by atoms with Crippen molar-refractivity contribution in [3.8, 4) is 5.75 Å². The molecule has 5 heteroatoms. The van der Waals surface area contributed by atoms with Gasteiger partial charge in [-0.2, -0.15) is 0 Å². The summed E-state index contributed by atoms with van der Waals surface area (Å²) in [4.78, 5) is 4.31. The zero-order valence-corrected chi connectivity index (χ0v) is 12.6. The summed E-state index contributed by atoms with van der Waals surface area (Å²) in [6, 6.07) is 18.2. The fourth-order valence-corrected chi connectivity index (χ4v) is 2.54. The standard InChI is InChI=1S/C16H17N3OS/c1-20-15-9-7-13(8-10-15)18-11-17-16(21)19(12-18)14-5-3-2-4-6-14/h2-10H,11-12H2,1H3,(H,17,21). The molecule has 1 fully saturated rings. The Kier molecular flexibility index (Phi) is 3.92. The SMILES string of the molecule is COc1ccc(N2CNC(=S)N(c3ccccc3)C2)cc1. The van der Waals surface area contributed by atoms with Gasteiger partial charge in [0.2, 0.25) is 0 Å². The molecule has 21 heavy (non-hydrogen) atoms. The molecule has 1 aliphatic rings. The fraction of sp³-hybridized carbons (Fsp3) is 0.188. The number of ether oxygens (including phenoxy) is 1. The molecule has 4 nitrogen and oxygen atoms in total. The zero-order chi connectivity index (χ0) is 14.7. The Morgan fingerprint density at radius 1 is 1.00 bits per heavy atom. The summed E-state index contributed by atoms with van der Waals surface area (Å²) >= 11 is 5.42. The number of thiocarbonyl (C=S) groups is 1. The van der Waals surface area contributed by atoms with Crippen molar-refractivity contribution in [1.82, 2.24) is 5.32 Å². The predicted molar refractivity (Wildman–Crippen MR) is 89.9 cm³/mol. The summed E-state index contributed by atoms with van der Waals surface area (Å²) in [5.41, 5.74) is 2.22. The van der Waals surface area contributed by atoms with Crippen molar-refractivity contribution in [1.29, 1.82) is 0 Å². The number of benzene rings is 2. The number of rotatable bonds is 3. The molecule has 0 spiro atoms. The maximum absolute atomic E-state index is 5.42. The number of anilines is 2. The lowest BCUT2D eigenvalue weighted by molar-refractivity contribution is 0.415. The topological polar surface area (TPSA) is 27.7 Å². The van der Waals surface area contributed by atoms with E-state index in [0.29, 0.717) is 6.67 Å². The van der Waals surface area contributed by atoms with E-state index in [1.165, 1.54) is 0 Å². The summed E-state index contributed by atoms with van der Waals surface area (Å²) < 4.78 is 5.20. The molecular weight excluding hydrogens is 282 g/mol. The zero-order valence-electron chi connectivity index (χ0n) is 11.8. The maximum Gasteiger partial charge on any atom is 0.176 e. The van der Waals surface area contributed by atoms with Gasteiger partial charge in [-0.15, -0.1) is 0 Å². The highest BCUT2D eigenvalue weighted by molar-refractivity contribution is 7.80. The van der Waals surface area contributed by atoms with Crippen LogP contribution in [-0.2, 0) is 0 Å². The molecule has 0 atom stereocenters. The van der Waals surface area contributed by atoms with E-state index in [1.54, 1.807) is 7.11 Å². The monoisotopic (exact) mass is 299 g/mol. The summed E-state index contributed by atoms with van der Waals surface area (Å²) in [6.07, 6.45) is 0. The van der Waals surface area contributed by atoms with Crippen LogP contribution in [0, 0.1) is 0 Å². The normalized spacial score (nSPS) is 14.8. The van der Waals surface area contributed by atoms with Gasteiger partial charge in [-0.3, -0.25) is 0 Å². The van der Waals surface area contributed by atoms with E-state index < -0.39 is 0 Å². The molecule has 2 aromatic carbocycles. The second-order valence-corrected chi connectivity index (χ2v) is 5.17. The molecule has 0 amide bonds. The second-order valence-electron chi connectivity index (χ2n) is 4.78. The molecule has 0 aliphatic carbocycles. The van der Waals surface area contributed by atoms with E-state index in [0.717, 1.165) is 28.9 Å². The van der Waals surface area contributed by atoms with E-state index in [9.17, 15) is 0 Å². The van der Waals surface area contributed by atoms with Crippen molar-refractivity contribution < 1.29 is 4.74 Å². The molecule has 108 valence electrons. The van der Waals surface area contributed by atoms with Crippen LogP contribution in [0.4, 0.5) is 11.4 Å². The average Bonchev–Trinajstić information content (AvgIpc) is 2.56. The Labute approximate surface area is 129 Å². The van der Waals surface area contributed by atoms with Gasteiger partial charge < -0.3 is 19.9 Å². The molecule has 0 saturated carbocycles. The number of para-hydroxylation sites is 1. The number of hydrogen-bond donors (Lipinski definition) is 1. The van der Waals surface area contributed by atoms with Crippen LogP contribution in [-0.4, -0.2) is 25.6 Å². The van der Waals surface area contributed by atoms with E-state index >= 15 is 0 Å². The highest BCUT2D eigenvalue weighted by atomic mass is 32.1. The molecule has 0 radical (unpaired) electrons. The second kappa shape index (κ2) is 6.01. The van der Waals surface area contributed by atoms with Gasteiger partial charge in [0.05, 0.1) is 20.4 Å². The Hall–Kier alpha value is -2.27. The van der Waals surface area contributed by atoms with Crippen molar-refractivity contribution >= 4 is 28.7 Å². The number of hydrogen-bond acceptors (Lipinski definition) is 3. The van der Waals surface area contributed by atoms with Gasteiger partial charge in [-0.1, -0.05) is 18.2 Å². The Balaban J connectivity index is 1.80. The fourth-order valence-electron chi connectivity index (χ4n) is 2.32. The van der Waals surface area contributed by atoms with E-state index in [1.807, 2.05) is 30.3 Å².